The van der Waals surface area contributed by atoms with E-state index in [0.29, 0.717) is 17.9 Å². The third kappa shape index (κ3) is 4.54. The van der Waals surface area contributed by atoms with Gasteiger partial charge in [-0.15, -0.1) is 0 Å². The van der Waals surface area contributed by atoms with Gasteiger partial charge in [-0.25, -0.2) is 4.39 Å². The van der Waals surface area contributed by atoms with Crippen LogP contribution in [0.5, 0.6) is 5.75 Å². The van der Waals surface area contributed by atoms with Gasteiger partial charge in [-0.3, -0.25) is 4.79 Å². The summed E-state index contributed by atoms with van der Waals surface area (Å²) in [6.07, 6.45) is 3.25. The Morgan fingerprint density at radius 1 is 1.27 bits per heavy atom. The molecule has 30 heavy (non-hydrogen) atoms. The summed E-state index contributed by atoms with van der Waals surface area (Å²) in [6.45, 7) is 5.14. The number of amides is 1. The number of halogens is 1. The van der Waals surface area contributed by atoms with Crippen LogP contribution in [0, 0.1) is 12.7 Å². The molecular formula is C24H27FN2O3. The van der Waals surface area contributed by atoms with Crippen LogP contribution in [0.1, 0.15) is 18.1 Å². The molecule has 0 saturated carbocycles. The van der Waals surface area contributed by atoms with E-state index in [0.717, 1.165) is 39.8 Å². The number of likely N-dealkylation sites (N-methyl/N-ethyl adjacent to an activating group) is 1. The maximum Gasteiger partial charge on any atom is 0.244 e. The first-order chi connectivity index (χ1) is 14.3. The smallest absolute Gasteiger partial charge is 0.244 e. The molecule has 1 heterocycles. The molecule has 0 bridgehead atoms. The van der Waals surface area contributed by atoms with Crippen molar-refractivity contribution in [1.29, 1.82) is 0 Å². The van der Waals surface area contributed by atoms with Gasteiger partial charge in [0.15, 0.2) is 0 Å². The second kappa shape index (κ2) is 9.13. The van der Waals surface area contributed by atoms with Crippen molar-refractivity contribution in [3.63, 3.8) is 0 Å². The molecule has 5 nitrogen and oxygen atoms in total. The summed E-state index contributed by atoms with van der Waals surface area (Å²) >= 11 is 0. The molecule has 1 N–H and O–H groups in total. The normalized spacial score (nSPS) is 11.9. The van der Waals surface area contributed by atoms with E-state index in [4.69, 9.17) is 9.15 Å². The minimum absolute atomic E-state index is 0.153. The van der Waals surface area contributed by atoms with Gasteiger partial charge in [0.25, 0.3) is 0 Å². The monoisotopic (exact) mass is 410 g/mol. The topological polar surface area (TPSA) is 54.7 Å². The van der Waals surface area contributed by atoms with Gasteiger partial charge in [0.05, 0.1) is 13.4 Å². The quantitative estimate of drug-likeness (QED) is 0.577. The zero-order valence-electron chi connectivity index (χ0n) is 18.0. The lowest BCUT2D eigenvalue weighted by Crippen LogP contribution is -2.30. The maximum absolute atomic E-state index is 13.3. The lowest BCUT2D eigenvalue weighted by molar-refractivity contribution is -0.116. The number of nitrogens with one attached hydrogen (secondary N) is 1. The van der Waals surface area contributed by atoms with E-state index in [1.54, 1.807) is 31.6 Å². The van der Waals surface area contributed by atoms with Crippen molar-refractivity contribution in [2.45, 2.75) is 13.8 Å². The second-order valence-corrected chi connectivity index (χ2v) is 7.54. The average Bonchev–Trinajstić information content (AvgIpc) is 3.12. The minimum atomic E-state index is -0.288. The molecular weight excluding hydrogens is 383 g/mol. The SMILES string of the molecule is COc1c(/C(C)=C/C(=O)NCCN(C)C)cc2c(-c3ccc(F)cc3)coc2c1C. The Morgan fingerprint density at radius 2 is 1.97 bits per heavy atom. The number of carbonyl (C=O) groups is 1. The molecule has 158 valence electrons. The van der Waals surface area contributed by atoms with Gasteiger partial charge < -0.3 is 19.4 Å². The Hall–Kier alpha value is -3.12. The first-order valence-corrected chi connectivity index (χ1v) is 9.77. The molecule has 3 aromatic rings. The first-order valence-electron chi connectivity index (χ1n) is 9.77. The van der Waals surface area contributed by atoms with E-state index in [2.05, 4.69) is 5.32 Å². The Balaban J connectivity index is 2.03. The van der Waals surface area contributed by atoms with Crippen molar-refractivity contribution in [2.24, 2.45) is 0 Å². The molecule has 0 saturated heterocycles. The summed E-state index contributed by atoms with van der Waals surface area (Å²) in [5.74, 6) is 0.224. The third-order valence-electron chi connectivity index (χ3n) is 5.03. The van der Waals surface area contributed by atoms with Crippen molar-refractivity contribution in [3.05, 3.63) is 59.6 Å². The number of aryl methyl sites for hydroxylation is 1. The van der Waals surface area contributed by atoms with Gasteiger partial charge in [0.1, 0.15) is 17.1 Å². The molecule has 0 atom stereocenters. The van der Waals surface area contributed by atoms with E-state index in [9.17, 15) is 9.18 Å². The van der Waals surface area contributed by atoms with Crippen LogP contribution in [0.2, 0.25) is 0 Å². The van der Waals surface area contributed by atoms with Crippen LogP contribution in [0.4, 0.5) is 4.39 Å². The predicted octanol–water partition coefficient (Wildman–Crippen LogP) is 4.64. The molecule has 0 spiro atoms. The fourth-order valence-corrected chi connectivity index (χ4v) is 3.45. The Kier molecular flexibility index (Phi) is 6.57. The molecule has 0 fully saturated rings. The van der Waals surface area contributed by atoms with E-state index < -0.39 is 0 Å². The number of hydrogen-bond acceptors (Lipinski definition) is 4. The molecule has 6 heteroatoms. The Bertz CT molecular complexity index is 1080. The number of nitrogens with zero attached hydrogens (tertiary/aromatic N) is 1. The zero-order chi connectivity index (χ0) is 21.8. The number of benzene rings is 2. The van der Waals surface area contributed by atoms with Crippen LogP contribution in [-0.2, 0) is 4.79 Å². The van der Waals surface area contributed by atoms with Gasteiger partial charge in [-0.2, -0.15) is 0 Å². The van der Waals surface area contributed by atoms with Crippen LogP contribution >= 0.6 is 0 Å². The molecule has 3 rings (SSSR count). The van der Waals surface area contributed by atoms with Crippen LogP contribution < -0.4 is 10.1 Å². The number of methoxy groups -OCH3 is 1. The zero-order valence-corrected chi connectivity index (χ0v) is 18.0. The molecule has 2 aromatic carbocycles. The Labute approximate surface area is 176 Å². The van der Waals surface area contributed by atoms with Crippen LogP contribution in [0.15, 0.2) is 47.1 Å². The molecule has 0 aliphatic carbocycles. The predicted molar refractivity (Wildman–Crippen MR) is 118 cm³/mol. The van der Waals surface area contributed by atoms with Gasteiger partial charge in [-0.1, -0.05) is 12.1 Å². The Morgan fingerprint density at radius 3 is 2.60 bits per heavy atom. The number of carbonyl (C=O) groups excluding carboxylic acids is 1. The van der Waals surface area contributed by atoms with Crippen molar-refractivity contribution in [2.75, 3.05) is 34.3 Å². The highest BCUT2D eigenvalue weighted by atomic mass is 19.1. The molecule has 0 unspecified atom stereocenters. The standard InChI is InChI=1S/C24H27FN2O3/c1-15(12-22(28)26-10-11-27(3)4)19-13-20-21(17-6-8-18(25)9-7-17)14-30-24(20)16(2)23(19)29-5/h6-9,12-14H,10-11H2,1-5H3,(H,26,28)/b15-12+. The largest absolute Gasteiger partial charge is 0.496 e. The highest BCUT2D eigenvalue weighted by molar-refractivity contribution is 6.01. The van der Waals surface area contributed by atoms with Crippen LogP contribution in [0.3, 0.4) is 0 Å². The number of fused-ring (bicyclic) bond motifs is 1. The summed E-state index contributed by atoms with van der Waals surface area (Å²) in [7, 11) is 5.52. The maximum atomic E-state index is 13.3. The summed E-state index contributed by atoms with van der Waals surface area (Å²) < 4.78 is 24.8. The average molecular weight is 410 g/mol. The molecule has 1 amide bonds. The summed E-state index contributed by atoms with van der Waals surface area (Å²) in [5.41, 5.74) is 4.87. The van der Waals surface area contributed by atoms with Gasteiger partial charge in [0, 0.05) is 41.2 Å². The van der Waals surface area contributed by atoms with E-state index >= 15 is 0 Å². The minimum Gasteiger partial charge on any atom is -0.496 e. The molecule has 0 aliphatic heterocycles. The molecule has 1 aromatic heterocycles. The van der Waals surface area contributed by atoms with E-state index in [-0.39, 0.29) is 11.7 Å². The van der Waals surface area contributed by atoms with Gasteiger partial charge >= 0.3 is 0 Å². The number of allylic oxidation sites excluding steroid dienone is 1. The number of ether oxygens (including phenoxy) is 1. The third-order valence-corrected chi connectivity index (χ3v) is 5.03. The number of rotatable bonds is 7. The lowest BCUT2D eigenvalue weighted by atomic mass is 9.96. The highest BCUT2D eigenvalue weighted by Gasteiger charge is 2.18. The number of furan rings is 1. The molecule has 0 radical (unpaired) electrons. The van der Waals surface area contributed by atoms with Crippen LogP contribution in [-0.4, -0.2) is 45.1 Å². The van der Waals surface area contributed by atoms with Crippen molar-refractivity contribution in [3.8, 4) is 16.9 Å². The fourth-order valence-electron chi connectivity index (χ4n) is 3.45. The van der Waals surface area contributed by atoms with Crippen molar-refractivity contribution in [1.82, 2.24) is 10.2 Å². The fraction of sp³-hybridized carbons (Fsp3) is 0.292. The van der Waals surface area contributed by atoms with Crippen molar-refractivity contribution < 1.29 is 18.3 Å². The van der Waals surface area contributed by atoms with Gasteiger partial charge in [0.2, 0.25) is 5.91 Å². The van der Waals surface area contributed by atoms with Gasteiger partial charge in [-0.05, 0) is 57.3 Å². The first kappa shape index (κ1) is 21.6. The van der Waals surface area contributed by atoms with Crippen molar-refractivity contribution >= 4 is 22.4 Å². The number of hydrogen-bond donors (Lipinski definition) is 1. The lowest BCUT2D eigenvalue weighted by Gasteiger charge is -2.14. The van der Waals surface area contributed by atoms with Crippen LogP contribution in [0.25, 0.3) is 27.7 Å². The summed E-state index contributed by atoms with van der Waals surface area (Å²) in [5, 5.41) is 3.77. The summed E-state index contributed by atoms with van der Waals surface area (Å²) in [6, 6.07) is 8.26. The second-order valence-electron chi connectivity index (χ2n) is 7.54. The summed E-state index contributed by atoms with van der Waals surface area (Å²) in [4.78, 5) is 14.3. The molecule has 0 aliphatic rings. The highest BCUT2D eigenvalue weighted by Crippen LogP contribution is 2.40. The van der Waals surface area contributed by atoms with E-state index in [1.165, 1.54) is 12.1 Å². The van der Waals surface area contributed by atoms with E-state index in [1.807, 2.05) is 38.9 Å².